The molecule has 26 heavy (non-hydrogen) atoms. The largest absolute Gasteiger partial charge is 0.355 e. The summed E-state index contributed by atoms with van der Waals surface area (Å²) in [5.74, 6) is 0.418. The van der Waals surface area contributed by atoms with Crippen molar-refractivity contribution in [3.05, 3.63) is 29.8 Å². The molecule has 1 saturated heterocycles. The fourth-order valence-electron chi connectivity index (χ4n) is 3.70. The number of likely N-dealkylation sites (N-methyl/N-ethyl adjacent to an activating group) is 1. The number of nitrogens with zero attached hydrogens (tertiary/aromatic N) is 1. The molecular formula is C20H29N3O2S. The number of carbonyl (C=O) groups is 2. The van der Waals surface area contributed by atoms with Gasteiger partial charge in [-0.2, -0.15) is 0 Å². The third kappa shape index (κ3) is 4.60. The van der Waals surface area contributed by atoms with Crippen molar-refractivity contribution >= 4 is 23.6 Å². The van der Waals surface area contributed by atoms with Crippen LogP contribution in [-0.2, 0) is 16.1 Å². The summed E-state index contributed by atoms with van der Waals surface area (Å²) in [6, 6.07) is 8.37. The van der Waals surface area contributed by atoms with Crippen molar-refractivity contribution in [2.45, 2.75) is 56.1 Å². The van der Waals surface area contributed by atoms with E-state index in [4.69, 9.17) is 0 Å². The Hall–Kier alpha value is -1.53. The van der Waals surface area contributed by atoms with Crippen LogP contribution in [0.4, 0.5) is 0 Å². The molecule has 5 nitrogen and oxygen atoms in total. The predicted molar refractivity (Wildman–Crippen MR) is 105 cm³/mol. The van der Waals surface area contributed by atoms with Gasteiger partial charge in [-0.1, -0.05) is 18.6 Å². The number of amides is 2. The Morgan fingerprint density at radius 1 is 1.19 bits per heavy atom. The van der Waals surface area contributed by atoms with Crippen LogP contribution in [0, 0.1) is 5.92 Å². The maximum Gasteiger partial charge on any atom is 0.237 e. The summed E-state index contributed by atoms with van der Waals surface area (Å²) in [7, 11) is 0. The highest BCUT2D eigenvalue weighted by Crippen LogP contribution is 2.28. The maximum absolute atomic E-state index is 12.5. The number of likely N-dealkylation sites (tertiary alicyclic amines) is 1. The van der Waals surface area contributed by atoms with E-state index >= 15 is 0 Å². The molecule has 142 valence electrons. The molecule has 0 aromatic heterocycles. The number of thioether (sulfide) groups is 1. The van der Waals surface area contributed by atoms with Gasteiger partial charge >= 0.3 is 0 Å². The highest BCUT2D eigenvalue weighted by Gasteiger charge is 2.38. The first-order valence-corrected chi connectivity index (χ1v) is 10.8. The van der Waals surface area contributed by atoms with Crippen molar-refractivity contribution in [1.29, 1.82) is 0 Å². The zero-order chi connectivity index (χ0) is 18.5. The molecule has 2 fully saturated rings. The molecule has 1 aromatic carbocycles. The average molecular weight is 376 g/mol. The van der Waals surface area contributed by atoms with Crippen molar-refractivity contribution in [3.8, 4) is 0 Å². The molecule has 2 amide bonds. The van der Waals surface area contributed by atoms with Gasteiger partial charge in [0.1, 0.15) is 0 Å². The van der Waals surface area contributed by atoms with Crippen molar-refractivity contribution < 1.29 is 9.59 Å². The number of rotatable bonds is 7. The van der Waals surface area contributed by atoms with Gasteiger partial charge in [-0.15, -0.1) is 11.8 Å². The van der Waals surface area contributed by atoms with Crippen LogP contribution in [-0.4, -0.2) is 48.1 Å². The van der Waals surface area contributed by atoms with E-state index in [1.807, 2.05) is 6.92 Å². The fourth-order valence-corrected chi connectivity index (χ4v) is 4.11. The molecule has 1 aliphatic heterocycles. The van der Waals surface area contributed by atoms with Gasteiger partial charge in [0, 0.05) is 36.5 Å². The maximum atomic E-state index is 12.5. The lowest BCUT2D eigenvalue weighted by molar-refractivity contribution is -0.128. The summed E-state index contributed by atoms with van der Waals surface area (Å²) in [5.41, 5.74) is 1.20. The molecule has 0 bridgehead atoms. The second kappa shape index (κ2) is 8.91. The van der Waals surface area contributed by atoms with Crippen molar-refractivity contribution in [1.82, 2.24) is 15.5 Å². The van der Waals surface area contributed by atoms with Gasteiger partial charge in [0.25, 0.3) is 0 Å². The van der Waals surface area contributed by atoms with Crippen LogP contribution in [0.15, 0.2) is 29.2 Å². The highest BCUT2D eigenvalue weighted by atomic mass is 32.2. The van der Waals surface area contributed by atoms with E-state index in [1.54, 1.807) is 11.8 Å². The van der Waals surface area contributed by atoms with E-state index in [9.17, 15) is 9.59 Å². The van der Waals surface area contributed by atoms with Gasteiger partial charge < -0.3 is 10.6 Å². The molecule has 1 heterocycles. The van der Waals surface area contributed by atoms with Gasteiger partial charge in [-0.3, -0.25) is 14.5 Å². The normalized spacial score (nSPS) is 23.5. The SMILES string of the molecule is CCNC(=O)[C@@H]1C[C@@H](NC(=O)C2CCC2)CN1Cc1ccc(SC)cc1. The number of carbonyl (C=O) groups excluding carboxylic acids is 2. The Bertz CT molecular complexity index is 630. The number of nitrogens with one attached hydrogen (secondary N) is 2. The number of hydrogen-bond acceptors (Lipinski definition) is 4. The molecule has 0 spiro atoms. The standard InChI is InChI=1S/C20H29N3O2S/c1-3-21-20(25)18-11-16(22-19(24)15-5-4-6-15)13-23(18)12-14-7-9-17(26-2)10-8-14/h7-10,15-16,18H,3-6,11-13H2,1-2H3,(H,21,25)(H,22,24)/t16-,18+/m1/s1. The number of hydrogen-bond donors (Lipinski definition) is 2. The smallest absolute Gasteiger partial charge is 0.237 e. The minimum atomic E-state index is -0.179. The lowest BCUT2D eigenvalue weighted by Gasteiger charge is -2.26. The number of benzene rings is 1. The topological polar surface area (TPSA) is 61.4 Å². The van der Waals surface area contributed by atoms with Crippen LogP contribution in [0.1, 0.15) is 38.2 Å². The van der Waals surface area contributed by atoms with Crippen molar-refractivity contribution in [2.75, 3.05) is 19.3 Å². The second-order valence-electron chi connectivity index (χ2n) is 7.26. The van der Waals surface area contributed by atoms with Gasteiger partial charge in [0.15, 0.2) is 0 Å². The first kappa shape index (κ1) is 19.2. The monoisotopic (exact) mass is 375 g/mol. The Morgan fingerprint density at radius 2 is 1.92 bits per heavy atom. The second-order valence-corrected chi connectivity index (χ2v) is 8.14. The highest BCUT2D eigenvalue weighted by molar-refractivity contribution is 7.98. The molecule has 3 rings (SSSR count). The Kier molecular flexibility index (Phi) is 6.59. The van der Waals surface area contributed by atoms with Crippen LogP contribution in [0.25, 0.3) is 0 Å². The van der Waals surface area contributed by atoms with E-state index in [2.05, 4.69) is 46.1 Å². The molecule has 1 aliphatic carbocycles. The van der Waals surface area contributed by atoms with Crippen molar-refractivity contribution in [2.24, 2.45) is 5.92 Å². The van der Waals surface area contributed by atoms with Gasteiger partial charge in [-0.25, -0.2) is 0 Å². The summed E-state index contributed by atoms with van der Waals surface area (Å²) >= 11 is 1.72. The van der Waals surface area contributed by atoms with Gasteiger partial charge in [0.2, 0.25) is 11.8 Å². The fraction of sp³-hybridized carbons (Fsp3) is 0.600. The quantitative estimate of drug-likeness (QED) is 0.719. The first-order valence-electron chi connectivity index (χ1n) is 9.55. The first-order chi connectivity index (χ1) is 12.6. The van der Waals surface area contributed by atoms with E-state index < -0.39 is 0 Å². The Labute approximate surface area is 160 Å². The van der Waals surface area contributed by atoms with Gasteiger partial charge in [0.05, 0.1) is 6.04 Å². The molecule has 2 aliphatic rings. The lowest BCUT2D eigenvalue weighted by Crippen LogP contribution is -2.42. The van der Waals surface area contributed by atoms with E-state index in [1.165, 1.54) is 10.5 Å². The van der Waals surface area contributed by atoms with Crippen LogP contribution < -0.4 is 10.6 Å². The molecule has 6 heteroatoms. The summed E-state index contributed by atoms with van der Waals surface area (Å²) in [4.78, 5) is 28.2. The zero-order valence-electron chi connectivity index (χ0n) is 15.7. The lowest BCUT2D eigenvalue weighted by atomic mass is 9.84. The van der Waals surface area contributed by atoms with Crippen LogP contribution in [0.2, 0.25) is 0 Å². The average Bonchev–Trinajstić information content (AvgIpc) is 2.96. The molecule has 1 saturated carbocycles. The summed E-state index contributed by atoms with van der Waals surface area (Å²) in [6.45, 7) is 4.02. The summed E-state index contributed by atoms with van der Waals surface area (Å²) in [6.07, 6.45) is 5.92. The minimum Gasteiger partial charge on any atom is -0.355 e. The van der Waals surface area contributed by atoms with E-state index in [0.29, 0.717) is 13.0 Å². The minimum absolute atomic E-state index is 0.0566. The molecule has 0 unspecified atom stereocenters. The molecule has 1 aromatic rings. The van der Waals surface area contributed by atoms with E-state index in [0.717, 1.165) is 32.4 Å². The molecule has 0 radical (unpaired) electrons. The van der Waals surface area contributed by atoms with Crippen LogP contribution in [0.3, 0.4) is 0 Å². The Morgan fingerprint density at radius 3 is 2.50 bits per heavy atom. The van der Waals surface area contributed by atoms with E-state index in [-0.39, 0.29) is 29.8 Å². The predicted octanol–water partition coefficient (Wildman–Crippen LogP) is 2.40. The Balaban J connectivity index is 1.65. The molecule has 2 atom stereocenters. The van der Waals surface area contributed by atoms with Crippen LogP contribution in [0.5, 0.6) is 0 Å². The summed E-state index contributed by atoms with van der Waals surface area (Å²) in [5, 5.41) is 6.12. The van der Waals surface area contributed by atoms with Crippen LogP contribution >= 0.6 is 11.8 Å². The third-order valence-electron chi connectivity index (χ3n) is 5.42. The molecular weight excluding hydrogens is 346 g/mol. The van der Waals surface area contributed by atoms with Gasteiger partial charge in [-0.05, 0) is 50.1 Å². The zero-order valence-corrected chi connectivity index (χ0v) is 16.5. The van der Waals surface area contributed by atoms with Crippen molar-refractivity contribution in [3.63, 3.8) is 0 Å². The molecule has 2 N–H and O–H groups in total. The third-order valence-corrected chi connectivity index (χ3v) is 6.17. The summed E-state index contributed by atoms with van der Waals surface area (Å²) < 4.78 is 0.